The second-order valence-electron chi connectivity index (χ2n) is 4.58. The highest BCUT2D eigenvalue weighted by atomic mass is 32.2. The van der Waals surface area contributed by atoms with Gasteiger partial charge in [0.05, 0.1) is 10.5 Å². The molecule has 0 spiro atoms. The summed E-state index contributed by atoms with van der Waals surface area (Å²) in [4.78, 5) is 29.3. The lowest BCUT2D eigenvalue weighted by Gasteiger charge is -2.32. The Morgan fingerprint density at radius 1 is 1.36 bits per heavy atom. The van der Waals surface area contributed by atoms with Crippen molar-refractivity contribution in [2.24, 2.45) is 0 Å². The Bertz CT molecular complexity index is 846. The molecular weight excluding hydrogens is 326 g/mol. The number of aromatic nitrogens is 1. The summed E-state index contributed by atoms with van der Waals surface area (Å²) in [6, 6.07) is 5.05. The first-order chi connectivity index (χ1) is 10.4. The molecule has 1 unspecified atom stereocenters. The van der Waals surface area contributed by atoms with Gasteiger partial charge in [-0.2, -0.15) is 0 Å². The zero-order valence-corrected chi connectivity index (χ0v) is 13.0. The third-order valence-corrected chi connectivity index (χ3v) is 6.09. The molecule has 22 heavy (non-hydrogen) atoms. The minimum Gasteiger partial charge on any atom is -0.283 e. The van der Waals surface area contributed by atoms with Gasteiger partial charge in [0, 0.05) is 11.6 Å². The molecule has 1 aliphatic heterocycles. The number of urea groups is 1. The van der Waals surface area contributed by atoms with E-state index >= 15 is 0 Å². The summed E-state index contributed by atoms with van der Waals surface area (Å²) in [6.07, 6.45) is 1.49. The highest BCUT2D eigenvalue weighted by Crippen LogP contribution is 2.30. The number of sulfone groups is 1. The van der Waals surface area contributed by atoms with E-state index in [1.807, 2.05) is 0 Å². The number of nitrogens with one attached hydrogen (secondary N) is 1. The Labute approximate surface area is 130 Å². The number of amides is 3. The second-order valence-corrected chi connectivity index (χ2v) is 7.69. The number of hydrogen-bond donors (Lipinski definition) is 1. The van der Waals surface area contributed by atoms with Crippen LogP contribution in [-0.2, 0) is 9.84 Å². The monoisotopic (exact) mass is 337 g/mol. The summed E-state index contributed by atoms with van der Waals surface area (Å²) in [5.74, 6) is -0.646. The van der Waals surface area contributed by atoms with E-state index in [0.29, 0.717) is 10.0 Å². The Kier molecular flexibility index (Phi) is 3.45. The normalized spacial score (nSPS) is 19.6. The molecule has 1 N–H and O–H groups in total. The second kappa shape index (κ2) is 5.18. The number of carbonyl (C=O) groups is 2. The lowest BCUT2D eigenvalue weighted by Crippen LogP contribution is -2.52. The summed E-state index contributed by atoms with van der Waals surface area (Å²) in [5, 5.41) is 3.10. The predicted molar refractivity (Wildman–Crippen MR) is 80.4 cm³/mol. The van der Waals surface area contributed by atoms with E-state index in [9.17, 15) is 18.0 Å². The van der Waals surface area contributed by atoms with E-state index in [2.05, 4.69) is 10.3 Å². The summed E-state index contributed by atoms with van der Waals surface area (Å²) >= 11 is 1.17. The largest absolute Gasteiger partial charge is 0.331 e. The lowest BCUT2D eigenvalue weighted by molar-refractivity contribution is 0.0788. The topological polar surface area (TPSA) is 96.4 Å². The van der Waals surface area contributed by atoms with Gasteiger partial charge in [-0.1, -0.05) is 12.1 Å². The summed E-state index contributed by atoms with van der Waals surface area (Å²) < 4.78 is 25.0. The summed E-state index contributed by atoms with van der Waals surface area (Å²) in [5.41, 5.74) is -0.00473. The minimum atomic E-state index is -3.80. The number of fused-ring (bicyclic) bond motifs is 1. The zero-order valence-electron chi connectivity index (χ0n) is 11.4. The van der Waals surface area contributed by atoms with Crippen molar-refractivity contribution in [2.75, 3.05) is 5.32 Å². The maximum absolute atomic E-state index is 12.5. The van der Waals surface area contributed by atoms with Gasteiger partial charge in [0.1, 0.15) is 5.37 Å². The average molecular weight is 337 g/mol. The molecule has 0 radical (unpaired) electrons. The van der Waals surface area contributed by atoms with Gasteiger partial charge < -0.3 is 0 Å². The fourth-order valence-electron chi connectivity index (χ4n) is 2.20. The molecule has 1 atom stereocenters. The molecule has 0 fully saturated rings. The van der Waals surface area contributed by atoms with Crippen molar-refractivity contribution in [3.05, 3.63) is 41.4 Å². The van der Waals surface area contributed by atoms with Crippen LogP contribution in [0.5, 0.6) is 0 Å². The Hall–Kier alpha value is -2.26. The molecule has 114 valence electrons. The van der Waals surface area contributed by atoms with Crippen LogP contribution >= 0.6 is 11.3 Å². The van der Waals surface area contributed by atoms with Gasteiger partial charge in [0.2, 0.25) is 9.84 Å². The molecule has 3 amide bonds. The molecule has 0 saturated carbocycles. The number of thiazole rings is 1. The maximum atomic E-state index is 12.5. The van der Waals surface area contributed by atoms with Crippen molar-refractivity contribution in [1.29, 1.82) is 0 Å². The van der Waals surface area contributed by atoms with Gasteiger partial charge in [-0.25, -0.2) is 23.1 Å². The van der Waals surface area contributed by atoms with E-state index in [0.717, 1.165) is 0 Å². The standard InChI is InChI=1S/C13H11N3O4S2/c1-8-16(13(18)15-12-14-6-7-21-12)11(17)9-4-2-3-5-10(9)22(8,19)20/h2-8H,1H3,(H,14,15,18). The Morgan fingerprint density at radius 2 is 2.09 bits per heavy atom. The average Bonchev–Trinajstić information content (AvgIpc) is 2.99. The number of anilines is 1. The summed E-state index contributed by atoms with van der Waals surface area (Å²) in [7, 11) is -3.80. The quantitative estimate of drug-likeness (QED) is 0.858. The van der Waals surface area contributed by atoms with Crippen molar-refractivity contribution >= 4 is 38.2 Å². The van der Waals surface area contributed by atoms with E-state index in [1.165, 1.54) is 36.6 Å². The molecule has 1 aromatic carbocycles. The lowest BCUT2D eigenvalue weighted by atomic mass is 10.2. The molecule has 1 aliphatic rings. The molecule has 0 bridgehead atoms. The fraction of sp³-hybridized carbons (Fsp3) is 0.154. The van der Waals surface area contributed by atoms with Crippen molar-refractivity contribution in [3.8, 4) is 0 Å². The molecule has 0 saturated heterocycles. The SMILES string of the molecule is CC1N(C(=O)Nc2nccs2)C(=O)c2ccccc2S1(=O)=O. The molecule has 3 rings (SSSR count). The maximum Gasteiger partial charge on any atom is 0.331 e. The number of hydrogen-bond acceptors (Lipinski definition) is 6. The fourth-order valence-corrected chi connectivity index (χ4v) is 4.29. The van der Waals surface area contributed by atoms with Gasteiger partial charge in [-0.15, -0.1) is 11.3 Å². The van der Waals surface area contributed by atoms with E-state index in [1.54, 1.807) is 17.5 Å². The third-order valence-electron chi connectivity index (χ3n) is 3.32. The van der Waals surface area contributed by atoms with Gasteiger partial charge >= 0.3 is 6.03 Å². The van der Waals surface area contributed by atoms with Crippen LogP contribution in [0.1, 0.15) is 17.3 Å². The van der Waals surface area contributed by atoms with Gasteiger partial charge in [-0.05, 0) is 19.1 Å². The van der Waals surface area contributed by atoms with E-state index < -0.39 is 27.1 Å². The van der Waals surface area contributed by atoms with Crippen molar-refractivity contribution in [3.63, 3.8) is 0 Å². The van der Waals surface area contributed by atoms with Gasteiger partial charge in [0.25, 0.3) is 5.91 Å². The van der Waals surface area contributed by atoms with E-state index in [-0.39, 0.29) is 10.5 Å². The van der Waals surface area contributed by atoms with Crippen LogP contribution in [0.4, 0.5) is 9.93 Å². The van der Waals surface area contributed by atoms with Crippen LogP contribution in [0.2, 0.25) is 0 Å². The molecule has 7 nitrogen and oxygen atoms in total. The van der Waals surface area contributed by atoms with Crippen LogP contribution in [0, 0.1) is 0 Å². The van der Waals surface area contributed by atoms with Gasteiger partial charge in [-0.3, -0.25) is 10.1 Å². The minimum absolute atomic E-state index is 0.00473. The number of rotatable bonds is 1. The van der Waals surface area contributed by atoms with Crippen molar-refractivity contribution in [2.45, 2.75) is 17.2 Å². The Morgan fingerprint density at radius 3 is 2.77 bits per heavy atom. The van der Waals surface area contributed by atoms with E-state index in [4.69, 9.17) is 0 Å². The smallest absolute Gasteiger partial charge is 0.283 e. The predicted octanol–water partition coefficient (Wildman–Crippen LogP) is 1.95. The third kappa shape index (κ3) is 2.18. The molecule has 9 heteroatoms. The van der Waals surface area contributed by atoms with Crippen LogP contribution in [0.15, 0.2) is 40.7 Å². The van der Waals surface area contributed by atoms with Crippen LogP contribution in [0.25, 0.3) is 0 Å². The zero-order chi connectivity index (χ0) is 15.9. The van der Waals surface area contributed by atoms with Crippen molar-refractivity contribution in [1.82, 2.24) is 9.88 Å². The van der Waals surface area contributed by atoms with Crippen LogP contribution in [-0.4, -0.2) is 35.6 Å². The molecule has 2 aromatic rings. The molecule has 1 aromatic heterocycles. The molecular formula is C13H11N3O4S2. The molecule has 0 aliphatic carbocycles. The number of nitrogens with zero attached hydrogens (tertiary/aromatic N) is 2. The first-order valence-corrected chi connectivity index (χ1v) is 8.72. The van der Waals surface area contributed by atoms with Crippen LogP contribution in [0.3, 0.4) is 0 Å². The number of carbonyl (C=O) groups excluding carboxylic acids is 2. The van der Waals surface area contributed by atoms with Gasteiger partial charge in [0.15, 0.2) is 5.13 Å². The Balaban J connectivity index is 2.03. The highest BCUT2D eigenvalue weighted by molar-refractivity contribution is 7.92. The van der Waals surface area contributed by atoms with Crippen LogP contribution < -0.4 is 5.32 Å². The number of benzene rings is 1. The first-order valence-electron chi connectivity index (χ1n) is 6.30. The first kappa shape index (κ1) is 14.7. The summed E-state index contributed by atoms with van der Waals surface area (Å²) in [6.45, 7) is 1.31. The molecule has 2 heterocycles. The highest BCUT2D eigenvalue weighted by Gasteiger charge is 2.44. The number of imide groups is 1. The van der Waals surface area contributed by atoms with Crippen molar-refractivity contribution < 1.29 is 18.0 Å².